The van der Waals surface area contributed by atoms with Crippen molar-refractivity contribution in [2.24, 2.45) is 28.8 Å². The van der Waals surface area contributed by atoms with E-state index in [1.807, 2.05) is 12.2 Å². The summed E-state index contributed by atoms with van der Waals surface area (Å²) in [6.45, 7) is -0.497. The fourth-order valence-corrected chi connectivity index (χ4v) is 4.22. The van der Waals surface area contributed by atoms with Gasteiger partial charge in [-0.05, 0) is 42.0 Å². The number of ether oxygens (including phenoxy) is 1. The third kappa shape index (κ3) is 2.68. The number of fused-ring (bicyclic) bond motifs is 5. The Bertz CT molecular complexity index is 835. The quantitative estimate of drug-likeness (QED) is 0.482. The molecular formula is C18H15ClN2O5. The minimum atomic E-state index is -1.10. The number of hydrogen-bond donors (Lipinski definition) is 1. The maximum absolute atomic E-state index is 12.5. The van der Waals surface area contributed by atoms with Gasteiger partial charge < -0.3 is 9.84 Å². The van der Waals surface area contributed by atoms with Crippen LogP contribution in [0.3, 0.4) is 0 Å². The normalized spacial score (nSPS) is 29.0. The van der Waals surface area contributed by atoms with Crippen molar-refractivity contribution in [2.45, 2.75) is 6.42 Å². The van der Waals surface area contributed by atoms with Gasteiger partial charge in [0.1, 0.15) is 5.75 Å². The van der Waals surface area contributed by atoms with Crippen LogP contribution < -0.4 is 4.74 Å². The van der Waals surface area contributed by atoms with Crippen molar-refractivity contribution in [2.75, 3.05) is 6.61 Å². The Kier molecular flexibility index (Phi) is 4.03. The van der Waals surface area contributed by atoms with Crippen LogP contribution in [0, 0.1) is 23.7 Å². The SMILES string of the molecule is O=C(O)COc1ccc(C=NN2C(=O)C3C4C=CC(C4)C3C2=O)cc1Cl. The van der Waals surface area contributed by atoms with Crippen LogP contribution in [0.15, 0.2) is 35.5 Å². The summed E-state index contributed by atoms with van der Waals surface area (Å²) in [5.74, 6) is -1.66. The third-order valence-corrected chi connectivity index (χ3v) is 5.37. The van der Waals surface area contributed by atoms with Gasteiger partial charge in [-0.3, -0.25) is 9.59 Å². The zero-order valence-electron chi connectivity index (χ0n) is 13.5. The lowest BCUT2D eigenvalue weighted by molar-refractivity contribution is -0.141. The van der Waals surface area contributed by atoms with E-state index in [1.165, 1.54) is 18.3 Å². The van der Waals surface area contributed by atoms with E-state index in [1.54, 1.807) is 6.07 Å². The summed E-state index contributed by atoms with van der Waals surface area (Å²) in [5, 5.41) is 13.9. The van der Waals surface area contributed by atoms with Crippen LogP contribution in [0.5, 0.6) is 5.75 Å². The van der Waals surface area contributed by atoms with Gasteiger partial charge in [0.2, 0.25) is 0 Å². The van der Waals surface area contributed by atoms with Gasteiger partial charge in [-0.15, -0.1) is 0 Å². The molecule has 8 heteroatoms. The highest BCUT2D eigenvalue weighted by molar-refractivity contribution is 6.32. The zero-order chi connectivity index (χ0) is 18.4. The van der Waals surface area contributed by atoms with E-state index >= 15 is 0 Å². The summed E-state index contributed by atoms with van der Waals surface area (Å²) in [4.78, 5) is 35.6. The van der Waals surface area contributed by atoms with Gasteiger partial charge in [-0.2, -0.15) is 10.1 Å². The topological polar surface area (TPSA) is 96.3 Å². The lowest BCUT2D eigenvalue weighted by Gasteiger charge is -2.13. The Morgan fingerprint density at radius 1 is 1.27 bits per heavy atom. The average molecular weight is 375 g/mol. The maximum Gasteiger partial charge on any atom is 0.341 e. The standard InChI is InChI=1S/C18H15ClN2O5/c19-12-5-9(1-4-13(12)26-8-14(22)23)7-20-21-17(24)15-10-2-3-11(6-10)16(15)18(21)25/h1-5,7,10-11,15-16H,6,8H2,(H,22,23). The fraction of sp³-hybridized carbons (Fsp3) is 0.333. The van der Waals surface area contributed by atoms with E-state index in [2.05, 4.69) is 5.10 Å². The first kappa shape index (κ1) is 16.8. The molecule has 1 aromatic carbocycles. The van der Waals surface area contributed by atoms with Gasteiger partial charge in [0.05, 0.1) is 23.1 Å². The number of benzene rings is 1. The number of carboxylic acids is 1. The first-order valence-electron chi connectivity index (χ1n) is 8.20. The van der Waals surface area contributed by atoms with Crippen molar-refractivity contribution in [1.29, 1.82) is 0 Å². The van der Waals surface area contributed by atoms with Crippen LogP contribution in [-0.2, 0) is 14.4 Å². The number of hydrazone groups is 1. The third-order valence-electron chi connectivity index (χ3n) is 5.08. The second kappa shape index (κ2) is 6.25. The largest absolute Gasteiger partial charge is 0.480 e. The Hall–Kier alpha value is -2.67. The molecule has 2 fully saturated rings. The van der Waals surface area contributed by atoms with Crippen molar-refractivity contribution >= 4 is 35.6 Å². The van der Waals surface area contributed by atoms with Crippen LogP contribution in [0.2, 0.25) is 5.02 Å². The summed E-state index contributed by atoms with van der Waals surface area (Å²) in [6.07, 6.45) is 6.32. The van der Waals surface area contributed by atoms with Crippen LogP contribution >= 0.6 is 11.6 Å². The molecule has 1 saturated carbocycles. The smallest absolute Gasteiger partial charge is 0.341 e. The molecule has 26 heavy (non-hydrogen) atoms. The van der Waals surface area contributed by atoms with E-state index in [9.17, 15) is 14.4 Å². The van der Waals surface area contributed by atoms with Crippen LogP contribution in [0.1, 0.15) is 12.0 Å². The number of amides is 2. The van der Waals surface area contributed by atoms with Gasteiger partial charge in [-0.25, -0.2) is 4.79 Å². The minimum Gasteiger partial charge on any atom is -0.480 e. The van der Waals surface area contributed by atoms with Crippen LogP contribution in [-0.4, -0.2) is 40.7 Å². The number of imide groups is 1. The summed E-state index contributed by atoms with van der Waals surface area (Å²) in [5.41, 5.74) is 0.566. The minimum absolute atomic E-state index is 0.141. The van der Waals surface area contributed by atoms with E-state index in [0.717, 1.165) is 11.4 Å². The first-order valence-corrected chi connectivity index (χ1v) is 8.58. The molecule has 1 aliphatic heterocycles. The molecule has 2 aliphatic carbocycles. The first-order chi connectivity index (χ1) is 12.5. The molecule has 4 atom stereocenters. The predicted molar refractivity (Wildman–Crippen MR) is 91.7 cm³/mol. The maximum atomic E-state index is 12.5. The molecule has 0 aromatic heterocycles. The van der Waals surface area contributed by atoms with Crippen molar-refractivity contribution in [1.82, 2.24) is 5.01 Å². The van der Waals surface area contributed by atoms with E-state index in [0.29, 0.717) is 5.56 Å². The lowest BCUT2D eigenvalue weighted by atomic mass is 9.85. The number of carbonyl (C=O) groups excluding carboxylic acids is 2. The molecule has 1 N–H and O–H groups in total. The Labute approximate surface area is 153 Å². The second-order valence-corrected chi connectivity index (χ2v) is 7.01. The van der Waals surface area contributed by atoms with Crippen molar-refractivity contribution in [3.63, 3.8) is 0 Å². The number of rotatable bonds is 5. The molecular weight excluding hydrogens is 360 g/mol. The summed E-state index contributed by atoms with van der Waals surface area (Å²) >= 11 is 6.05. The summed E-state index contributed by atoms with van der Waals surface area (Å²) < 4.78 is 5.04. The van der Waals surface area contributed by atoms with Gasteiger partial charge >= 0.3 is 5.97 Å². The van der Waals surface area contributed by atoms with Crippen molar-refractivity contribution < 1.29 is 24.2 Å². The molecule has 4 unspecified atom stereocenters. The Morgan fingerprint density at radius 3 is 2.50 bits per heavy atom. The van der Waals surface area contributed by atoms with E-state index in [-0.39, 0.29) is 46.3 Å². The van der Waals surface area contributed by atoms with Crippen molar-refractivity contribution in [3.8, 4) is 5.75 Å². The predicted octanol–water partition coefficient (Wildman–Crippen LogP) is 1.94. The molecule has 0 radical (unpaired) electrons. The molecule has 0 spiro atoms. The van der Waals surface area contributed by atoms with Gasteiger partial charge in [-0.1, -0.05) is 23.8 Å². The van der Waals surface area contributed by atoms with Gasteiger partial charge in [0.15, 0.2) is 6.61 Å². The number of nitrogens with zero attached hydrogens (tertiary/aromatic N) is 2. The Morgan fingerprint density at radius 2 is 1.92 bits per heavy atom. The molecule has 7 nitrogen and oxygen atoms in total. The molecule has 134 valence electrons. The number of carbonyl (C=O) groups is 3. The molecule has 2 bridgehead atoms. The second-order valence-electron chi connectivity index (χ2n) is 6.60. The number of aliphatic carboxylic acids is 1. The van der Waals surface area contributed by atoms with Gasteiger partial charge in [0.25, 0.3) is 11.8 Å². The molecule has 1 heterocycles. The van der Waals surface area contributed by atoms with E-state index in [4.69, 9.17) is 21.4 Å². The number of carboxylic acid groups (broad SMARTS) is 1. The van der Waals surface area contributed by atoms with Crippen LogP contribution in [0.25, 0.3) is 0 Å². The molecule has 4 rings (SSSR count). The summed E-state index contributed by atoms with van der Waals surface area (Å²) in [7, 11) is 0. The number of halogens is 1. The molecule has 3 aliphatic rings. The molecule has 2 amide bonds. The van der Waals surface area contributed by atoms with Gasteiger partial charge in [0, 0.05) is 0 Å². The van der Waals surface area contributed by atoms with Crippen LogP contribution in [0.4, 0.5) is 0 Å². The fourth-order valence-electron chi connectivity index (χ4n) is 3.98. The monoisotopic (exact) mass is 374 g/mol. The highest BCUT2D eigenvalue weighted by Gasteiger charge is 2.59. The molecule has 1 aromatic rings. The summed E-state index contributed by atoms with van der Waals surface area (Å²) in [6, 6.07) is 4.65. The number of hydrogen-bond acceptors (Lipinski definition) is 5. The number of allylic oxidation sites excluding steroid dienone is 2. The highest BCUT2D eigenvalue weighted by atomic mass is 35.5. The highest BCUT2D eigenvalue weighted by Crippen LogP contribution is 2.52. The van der Waals surface area contributed by atoms with Crippen molar-refractivity contribution in [3.05, 3.63) is 40.9 Å². The average Bonchev–Trinajstić information content (AvgIpc) is 3.27. The van der Waals surface area contributed by atoms with E-state index < -0.39 is 12.6 Å². The Balaban J connectivity index is 1.49. The lowest BCUT2D eigenvalue weighted by Crippen LogP contribution is -2.28. The molecule has 1 saturated heterocycles. The zero-order valence-corrected chi connectivity index (χ0v) is 14.3.